The smallest absolute Gasteiger partial charge is 0.379 e. The third-order valence-corrected chi connectivity index (χ3v) is 3.29. The van der Waals surface area contributed by atoms with E-state index in [0.29, 0.717) is 0 Å². The van der Waals surface area contributed by atoms with E-state index in [2.05, 4.69) is 5.32 Å². The van der Waals surface area contributed by atoms with E-state index in [4.69, 9.17) is 11.6 Å². The first-order chi connectivity index (χ1) is 9.79. The Morgan fingerprint density at radius 2 is 1.86 bits per heavy atom. The van der Waals surface area contributed by atoms with Crippen molar-refractivity contribution in [1.29, 1.82) is 0 Å². The third-order valence-electron chi connectivity index (χ3n) is 2.98. The van der Waals surface area contributed by atoms with Crippen LogP contribution in [-0.2, 0) is 12.7 Å². The van der Waals surface area contributed by atoms with Crippen LogP contribution in [0.2, 0.25) is 5.02 Å². The Hall–Kier alpha value is -1.75. The summed E-state index contributed by atoms with van der Waals surface area (Å²) in [5.41, 5.74) is -0.0120. The first kappa shape index (κ1) is 15.6. The molecular formula is C15H12ClF4N. The normalized spacial score (nSPS) is 11.5. The molecule has 1 N–H and O–H groups in total. The maximum Gasteiger partial charge on any atom is 0.418 e. The molecule has 0 radical (unpaired) electrons. The van der Waals surface area contributed by atoms with Crippen molar-refractivity contribution in [2.75, 3.05) is 5.32 Å². The first-order valence-corrected chi connectivity index (χ1v) is 6.51. The molecule has 0 saturated heterocycles. The highest BCUT2D eigenvalue weighted by molar-refractivity contribution is 6.33. The number of para-hydroxylation sites is 1. The van der Waals surface area contributed by atoms with Crippen LogP contribution < -0.4 is 5.32 Å². The number of benzene rings is 2. The van der Waals surface area contributed by atoms with Gasteiger partial charge in [-0.25, -0.2) is 4.39 Å². The molecule has 6 heteroatoms. The van der Waals surface area contributed by atoms with Gasteiger partial charge >= 0.3 is 6.18 Å². The van der Waals surface area contributed by atoms with Gasteiger partial charge in [-0.1, -0.05) is 35.4 Å². The summed E-state index contributed by atoms with van der Waals surface area (Å²) >= 11 is 5.82. The summed E-state index contributed by atoms with van der Waals surface area (Å²) in [6.45, 7) is 1.69. The predicted molar refractivity (Wildman–Crippen MR) is 74.9 cm³/mol. The summed E-state index contributed by atoms with van der Waals surface area (Å²) in [5.74, 6) is -0.478. The zero-order valence-electron chi connectivity index (χ0n) is 11.1. The lowest BCUT2D eigenvalue weighted by Gasteiger charge is -2.16. The number of anilines is 1. The van der Waals surface area contributed by atoms with Crippen molar-refractivity contribution >= 4 is 17.3 Å². The van der Waals surface area contributed by atoms with Gasteiger partial charge in [-0.15, -0.1) is 0 Å². The lowest BCUT2D eigenvalue weighted by molar-refractivity contribution is -0.136. The van der Waals surface area contributed by atoms with Gasteiger partial charge < -0.3 is 5.32 Å². The van der Waals surface area contributed by atoms with Gasteiger partial charge in [0.25, 0.3) is 0 Å². The Bertz CT molecular complexity index is 653. The van der Waals surface area contributed by atoms with E-state index in [1.807, 2.05) is 0 Å². The van der Waals surface area contributed by atoms with Gasteiger partial charge in [-0.05, 0) is 25.1 Å². The second-order valence-electron chi connectivity index (χ2n) is 4.61. The molecule has 1 nitrogen and oxygen atoms in total. The molecule has 2 aromatic rings. The van der Waals surface area contributed by atoms with E-state index in [0.717, 1.165) is 11.6 Å². The van der Waals surface area contributed by atoms with Crippen LogP contribution in [0.5, 0.6) is 0 Å². The number of rotatable bonds is 3. The van der Waals surface area contributed by atoms with Gasteiger partial charge in [0.1, 0.15) is 5.82 Å². The van der Waals surface area contributed by atoms with Crippen LogP contribution in [0.3, 0.4) is 0 Å². The standard InChI is InChI=1S/C15H12ClF4N/c1-9-5-6-13(17)10(7-9)8-21-14-11(15(18,19)20)3-2-4-12(14)16/h2-7,21H,8H2,1H3. The molecule has 0 saturated carbocycles. The van der Waals surface area contributed by atoms with E-state index in [-0.39, 0.29) is 22.8 Å². The van der Waals surface area contributed by atoms with Crippen molar-refractivity contribution in [3.63, 3.8) is 0 Å². The van der Waals surface area contributed by atoms with E-state index >= 15 is 0 Å². The van der Waals surface area contributed by atoms with Crippen molar-refractivity contribution in [2.45, 2.75) is 19.6 Å². The van der Waals surface area contributed by atoms with Crippen LogP contribution in [0.15, 0.2) is 36.4 Å². The number of aryl methyl sites for hydroxylation is 1. The summed E-state index contributed by atoms with van der Waals surface area (Å²) < 4.78 is 52.4. The Morgan fingerprint density at radius 3 is 2.52 bits per heavy atom. The maximum absolute atomic E-state index is 13.6. The zero-order chi connectivity index (χ0) is 15.6. The Balaban J connectivity index is 2.30. The van der Waals surface area contributed by atoms with Crippen molar-refractivity contribution in [1.82, 2.24) is 0 Å². The molecule has 0 fully saturated rings. The molecule has 0 aliphatic rings. The molecule has 0 aliphatic heterocycles. The van der Waals surface area contributed by atoms with Gasteiger partial charge in [0.05, 0.1) is 16.3 Å². The number of hydrogen-bond donors (Lipinski definition) is 1. The monoisotopic (exact) mass is 317 g/mol. The average Bonchev–Trinajstić information content (AvgIpc) is 2.39. The van der Waals surface area contributed by atoms with Crippen LogP contribution in [0.4, 0.5) is 23.2 Å². The third kappa shape index (κ3) is 3.67. The fourth-order valence-electron chi connectivity index (χ4n) is 1.96. The largest absolute Gasteiger partial charge is 0.418 e. The molecule has 0 atom stereocenters. The number of alkyl halides is 3. The minimum absolute atomic E-state index is 0.0575. The molecule has 112 valence electrons. The lowest BCUT2D eigenvalue weighted by Crippen LogP contribution is -2.11. The van der Waals surface area contributed by atoms with Crippen LogP contribution in [0.1, 0.15) is 16.7 Å². The highest BCUT2D eigenvalue weighted by atomic mass is 35.5. The van der Waals surface area contributed by atoms with E-state index < -0.39 is 17.6 Å². The van der Waals surface area contributed by atoms with Crippen LogP contribution in [0.25, 0.3) is 0 Å². The van der Waals surface area contributed by atoms with Crippen molar-refractivity contribution in [3.05, 3.63) is 63.9 Å². The van der Waals surface area contributed by atoms with Gasteiger partial charge in [-0.2, -0.15) is 13.2 Å². The van der Waals surface area contributed by atoms with Crippen molar-refractivity contribution in [3.8, 4) is 0 Å². The molecule has 0 bridgehead atoms. The summed E-state index contributed by atoms with van der Waals surface area (Å²) in [5, 5.41) is 2.52. The minimum Gasteiger partial charge on any atom is -0.379 e. The highest BCUT2D eigenvalue weighted by Gasteiger charge is 2.34. The minimum atomic E-state index is -4.53. The van der Waals surface area contributed by atoms with Gasteiger partial charge in [-0.3, -0.25) is 0 Å². The van der Waals surface area contributed by atoms with Crippen LogP contribution in [-0.4, -0.2) is 0 Å². The Labute approximate surface area is 124 Å². The maximum atomic E-state index is 13.6. The SMILES string of the molecule is Cc1ccc(F)c(CNc2c(Cl)cccc2C(F)(F)F)c1. The molecule has 0 amide bonds. The molecule has 2 rings (SSSR count). The topological polar surface area (TPSA) is 12.0 Å². The number of halogens is 5. The zero-order valence-corrected chi connectivity index (χ0v) is 11.8. The number of nitrogens with one attached hydrogen (secondary N) is 1. The number of hydrogen-bond acceptors (Lipinski definition) is 1. The first-order valence-electron chi connectivity index (χ1n) is 6.13. The molecule has 0 unspecified atom stereocenters. The van der Waals surface area contributed by atoms with Gasteiger partial charge in [0.15, 0.2) is 0 Å². The fraction of sp³-hybridized carbons (Fsp3) is 0.200. The lowest BCUT2D eigenvalue weighted by atomic mass is 10.1. The van der Waals surface area contributed by atoms with E-state index in [1.165, 1.54) is 18.2 Å². The quantitative estimate of drug-likeness (QED) is 0.745. The fourth-order valence-corrected chi connectivity index (χ4v) is 2.20. The molecular weight excluding hydrogens is 306 g/mol. The molecule has 0 aliphatic carbocycles. The second kappa shape index (κ2) is 5.93. The average molecular weight is 318 g/mol. The summed E-state index contributed by atoms with van der Waals surface area (Å²) in [7, 11) is 0. The summed E-state index contributed by atoms with van der Waals surface area (Å²) in [6.07, 6.45) is -4.53. The molecule has 21 heavy (non-hydrogen) atoms. The molecule has 0 heterocycles. The van der Waals surface area contributed by atoms with Gasteiger partial charge in [0, 0.05) is 12.1 Å². The molecule has 0 aromatic heterocycles. The summed E-state index contributed by atoms with van der Waals surface area (Å²) in [6, 6.07) is 7.96. The Kier molecular flexibility index (Phi) is 4.42. The second-order valence-corrected chi connectivity index (χ2v) is 5.02. The molecule has 2 aromatic carbocycles. The van der Waals surface area contributed by atoms with Crippen LogP contribution in [0, 0.1) is 12.7 Å². The Morgan fingerprint density at radius 1 is 1.14 bits per heavy atom. The van der Waals surface area contributed by atoms with Crippen LogP contribution >= 0.6 is 11.6 Å². The van der Waals surface area contributed by atoms with Gasteiger partial charge in [0.2, 0.25) is 0 Å². The van der Waals surface area contributed by atoms with Crippen molar-refractivity contribution < 1.29 is 17.6 Å². The summed E-state index contributed by atoms with van der Waals surface area (Å²) in [4.78, 5) is 0. The molecule has 0 spiro atoms. The van der Waals surface area contributed by atoms with E-state index in [9.17, 15) is 17.6 Å². The van der Waals surface area contributed by atoms with E-state index in [1.54, 1.807) is 19.1 Å². The highest BCUT2D eigenvalue weighted by Crippen LogP contribution is 2.38. The van der Waals surface area contributed by atoms with Crippen molar-refractivity contribution in [2.24, 2.45) is 0 Å². The predicted octanol–water partition coefficient (Wildman–Crippen LogP) is 5.42.